The molecule has 12 rings (SSSR count). The number of anilines is 2. The number of hydrogen-bond donors (Lipinski definition) is 15. The zero-order chi connectivity index (χ0) is 84.5. The minimum atomic E-state index is -2.70. The molecule has 117 heavy (non-hydrogen) atoms. The van der Waals surface area contributed by atoms with E-state index in [0.717, 1.165) is 40.1 Å². The Kier molecular flexibility index (Phi) is 26.7. The highest BCUT2D eigenvalue weighted by atomic mass is 16.6. The molecule has 2 aromatic rings. The summed E-state index contributed by atoms with van der Waals surface area (Å²) in [6, 6.07) is -3.35. The molecule has 2 aromatic carbocycles. The zero-order valence-corrected chi connectivity index (χ0v) is 67.4. The predicted molar refractivity (Wildman–Crippen MR) is 416 cm³/mol. The number of para-hydroxylation sites is 1. The number of likely N-dealkylation sites (N-methyl/N-ethyl adjacent to an activating group) is 1. The van der Waals surface area contributed by atoms with Crippen molar-refractivity contribution in [3.63, 3.8) is 0 Å². The Morgan fingerprint density at radius 2 is 1.32 bits per heavy atom. The minimum Gasteiger partial charge on any atom is -0.496 e. The number of carbonyl (C=O) groups excluding carboxylic acids is 12. The summed E-state index contributed by atoms with van der Waals surface area (Å²) in [6.07, 6.45) is 5.36. The smallest absolute Gasteiger partial charge is 0.344 e. The van der Waals surface area contributed by atoms with Crippen molar-refractivity contribution >= 4 is 82.4 Å². The molecule has 5 saturated heterocycles. The lowest BCUT2D eigenvalue weighted by molar-refractivity contribution is -0.231. The topological polar surface area (TPSA) is 510 Å². The van der Waals surface area contributed by atoms with E-state index in [-0.39, 0.29) is 50.6 Å². The quantitative estimate of drug-likeness (QED) is 0.0219. The van der Waals surface area contributed by atoms with Crippen LogP contribution >= 0.6 is 0 Å². The Morgan fingerprint density at radius 3 is 1.95 bits per heavy atom. The van der Waals surface area contributed by atoms with E-state index < -0.39 is 229 Å². The molecular weight excluding hydrogens is 1520 g/mol. The third kappa shape index (κ3) is 16.0. The van der Waals surface area contributed by atoms with Crippen LogP contribution in [0.2, 0.25) is 0 Å². The predicted octanol–water partition coefficient (Wildman–Crippen LogP) is -3.02. The van der Waals surface area contributed by atoms with Gasteiger partial charge in [0.25, 0.3) is 0 Å². The maximum atomic E-state index is 15.6. The van der Waals surface area contributed by atoms with Crippen molar-refractivity contribution in [2.75, 3.05) is 104 Å². The maximum absolute atomic E-state index is 15.6. The van der Waals surface area contributed by atoms with Gasteiger partial charge in [0.2, 0.25) is 58.8 Å². The number of nitrogens with two attached hydrogens (primary N) is 1. The molecule has 16 N–H and O–H groups in total. The van der Waals surface area contributed by atoms with Crippen molar-refractivity contribution in [3.8, 4) is 5.75 Å². The maximum Gasteiger partial charge on any atom is 0.344 e. The molecule has 36 heteroatoms. The van der Waals surface area contributed by atoms with Crippen LogP contribution in [0.4, 0.5) is 11.4 Å². The standard InChI is InChI=1S/C81H115N13O23/c1-8-78-26-16-29-91-32-28-80(74(78)91)49-34-48(62-61(73(110)115-6)44-24-27-79(112,9-2)92(36-44)31-25-47-46-19-13-14-20-50(46)83-64(47)62)59(114-5)35-57(49)90(4)75(80)81(113,77(111)116-7)76(78)117-72(109)56-21-15-30-93(56)71(108)55(41-98)88-67(104)52(38-95)85-65(102)51(22-23-60(82)101)84-70(107)63(43-17-11-10-12-18-43)89-68(105)54(40-97)86-66(103)53(39-96)87-69(106)58-33-45(100)37-94(58)42(3)99/h13-14,16,19-20,26,34-35,43-45,47,51-56,58,61-64,74-76,83,95-98,100,112-113H,8-12,15,17-18,21-25,27-33,36-41H2,1-7H3,(H2,82,101)(H,84,107)(H,85,102)(H,86,103)(H,87,106)(H,88,104)(H,89,105)/t44-,45?,47?,51+,52+,53+,54+,55+,56+,58+,61+,62+,63+,64?,74?,75?,76-,78-,79+,80?,81+/m1/s1. The second-order valence-electron chi connectivity index (χ2n) is 33.3. The summed E-state index contributed by atoms with van der Waals surface area (Å²) < 4.78 is 24.8. The highest BCUT2D eigenvalue weighted by Crippen LogP contribution is 2.68. The van der Waals surface area contributed by atoms with E-state index in [9.17, 15) is 78.9 Å². The van der Waals surface area contributed by atoms with Gasteiger partial charge < -0.3 is 112 Å². The van der Waals surface area contributed by atoms with Crippen LogP contribution in [0.25, 0.3) is 0 Å². The number of benzene rings is 2. The molecule has 7 fully saturated rings. The molecule has 2 bridgehead atoms. The van der Waals surface area contributed by atoms with Crippen molar-refractivity contribution in [1.29, 1.82) is 0 Å². The summed E-state index contributed by atoms with van der Waals surface area (Å²) in [5.74, 6) is -13.6. The number of methoxy groups -OCH3 is 3. The normalized spacial score (nSPS) is 31.6. The molecule has 1 spiro atoms. The number of amides is 9. The highest BCUT2D eigenvalue weighted by Gasteiger charge is 2.81. The van der Waals surface area contributed by atoms with Gasteiger partial charge in [-0.15, -0.1) is 0 Å². The zero-order valence-electron chi connectivity index (χ0n) is 67.4. The van der Waals surface area contributed by atoms with Gasteiger partial charge in [0.05, 0.1) is 65.8 Å². The molecule has 8 heterocycles. The van der Waals surface area contributed by atoms with E-state index in [4.69, 9.17) is 24.7 Å². The van der Waals surface area contributed by atoms with E-state index in [0.29, 0.717) is 101 Å². The van der Waals surface area contributed by atoms with Crippen molar-refractivity contribution in [2.45, 2.75) is 231 Å². The number of aliphatic hydroxyl groups excluding tert-OH is 5. The number of primary amides is 1. The number of β-amino-alcohol motifs (C(OH)–C–C–N with tert-alkyl or cyclic N) is 1. The summed E-state index contributed by atoms with van der Waals surface area (Å²) in [7, 11) is 5.85. The van der Waals surface area contributed by atoms with Gasteiger partial charge in [-0.25, -0.2) is 9.59 Å². The van der Waals surface area contributed by atoms with Crippen molar-refractivity contribution < 1.29 is 112 Å². The lowest BCUT2D eigenvalue weighted by Gasteiger charge is -2.63. The lowest BCUT2D eigenvalue weighted by atomic mass is 9.47. The number of nitrogens with one attached hydrogen (secondary N) is 7. The molecule has 0 aromatic heterocycles. The van der Waals surface area contributed by atoms with Gasteiger partial charge in [-0.05, 0) is 112 Å². The fourth-order valence-corrected chi connectivity index (χ4v) is 21.6. The van der Waals surface area contributed by atoms with Gasteiger partial charge in [0.15, 0.2) is 6.10 Å². The minimum absolute atomic E-state index is 0.0267. The second kappa shape index (κ2) is 35.8. The third-order valence-corrected chi connectivity index (χ3v) is 27.2. The first-order valence-corrected chi connectivity index (χ1v) is 41.0. The van der Waals surface area contributed by atoms with Crippen LogP contribution in [-0.2, 0) is 77.2 Å². The van der Waals surface area contributed by atoms with Gasteiger partial charge in [-0.3, -0.25) is 57.7 Å². The molecule has 7 unspecified atom stereocenters. The van der Waals surface area contributed by atoms with Crippen molar-refractivity contribution in [1.82, 2.24) is 51.5 Å². The fourth-order valence-electron chi connectivity index (χ4n) is 21.6. The summed E-state index contributed by atoms with van der Waals surface area (Å²) in [5, 5.41) is 97.0. The SMILES string of the molecule is CC[C@]1(O)CC[C@@H]2CN1CCC1c3ccccc3NC1[C@@H](c1cc3c(cc1OC)N(C)C1C34CCN3CC=C[C@](CC)(C34)[C@@H](OC(=O)[C@@H]3CCCN3C(=O)[C@H](CO)NC(=O)[C@H](CO)NC(=O)[C@H](CCC(N)=O)NC(=O)[C@@H](NC(=O)[C@H](CO)NC(=O)[C@H](CO)NC(=O)[C@@H]3CC(O)CN3C(C)=O)C3CCCCC3)[C@]1(O)C(=O)OC)[C@H]2C(=O)OC. The van der Waals surface area contributed by atoms with Crippen molar-refractivity contribution in [3.05, 3.63) is 65.2 Å². The number of piperidine rings is 1. The molecule has 0 radical (unpaired) electrons. The van der Waals surface area contributed by atoms with Crippen LogP contribution in [0, 0.1) is 23.2 Å². The molecule has 22 atom stereocenters. The van der Waals surface area contributed by atoms with Gasteiger partial charge in [-0.2, -0.15) is 0 Å². The summed E-state index contributed by atoms with van der Waals surface area (Å²) in [6.45, 7) is 2.32. The van der Waals surface area contributed by atoms with Gasteiger partial charge in [0, 0.05) is 117 Å². The molecule has 9 amide bonds. The number of hydrogen-bond acceptors (Lipinski definition) is 27. The van der Waals surface area contributed by atoms with E-state index in [1.807, 2.05) is 55.2 Å². The molecule has 10 aliphatic rings. The van der Waals surface area contributed by atoms with Crippen LogP contribution in [0.5, 0.6) is 5.75 Å². The van der Waals surface area contributed by atoms with E-state index in [1.54, 1.807) is 14.2 Å². The second-order valence-corrected chi connectivity index (χ2v) is 33.3. The van der Waals surface area contributed by atoms with Gasteiger partial charge in [0.1, 0.15) is 59.8 Å². The average molecular weight is 1640 g/mol. The molecule has 8 aliphatic heterocycles. The molecule has 2 aliphatic carbocycles. The Bertz CT molecular complexity index is 4150. The number of rotatable bonds is 29. The highest BCUT2D eigenvalue weighted by molar-refractivity contribution is 5.99. The van der Waals surface area contributed by atoms with Crippen LogP contribution in [0.1, 0.15) is 152 Å². The number of ether oxygens (including phenoxy) is 4. The molecule has 2 saturated carbocycles. The number of aliphatic hydroxyl groups is 7. The Labute approximate surface area is 678 Å². The monoisotopic (exact) mass is 1640 g/mol. The number of esters is 3. The van der Waals surface area contributed by atoms with Gasteiger partial charge in [-0.1, -0.05) is 63.5 Å². The van der Waals surface area contributed by atoms with E-state index in [2.05, 4.69) is 59.2 Å². The van der Waals surface area contributed by atoms with Crippen LogP contribution < -0.4 is 52.6 Å². The summed E-state index contributed by atoms with van der Waals surface area (Å²) >= 11 is 0. The first kappa shape index (κ1) is 87.2. The number of nitrogens with zero attached hydrogens (tertiary/aromatic N) is 5. The Morgan fingerprint density at radius 1 is 0.667 bits per heavy atom. The van der Waals surface area contributed by atoms with Gasteiger partial charge >= 0.3 is 17.9 Å². The van der Waals surface area contributed by atoms with Crippen molar-refractivity contribution in [2.24, 2.45) is 28.9 Å². The first-order chi connectivity index (χ1) is 55.9. The van der Waals surface area contributed by atoms with Crippen LogP contribution in [0.3, 0.4) is 0 Å². The summed E-state index contributed by atoms with van der Waals surface area (Å²) in [5.41, 5.74) is 3.23. The number of carbonyl (C=O) groups is 12. The molecule has 36 nitrogen and oxygen atoms in total. The fraction of sp³-hybridized carbons (Fsp3) is 0.679. The van der Waals surface area contributed by atoms with Crippen LogP contribution in [0.15, 0.2) is 48.6 Å². The van der Waals surface area contributed by atoms with E-state index >= 15 is 14.4 Å². The summed E-state index contributed by atoms with van der Waals surface area (Å²) in [4.78, 5) is 178. The van der Waals surface area contributed by atoms with Crippen LogP contribution in [-0.4, -0.2) is 310 Å². The molecular formula is C81H115N13O23. The largest absolute Gasteiger partial charge is 0.496 e. The third-order valence-electron chi connectivity index (χ3n) is 27.2. The lowest BCUT2D eigenvalue weighted by Crippen LogP contribution is -2.81. The number of likely N-dealkylation sites (tertiary alicyclic amines) is 2. The average Bonchev–Trinajstić information content (AvgIpc) is 1.49. The number of fused-ring (bicyclic) bond motifs is 6. The molecule has 642 valence electrons. The first-order valence-electron chi connectivity index (χ1n) is 41.0. The Hall–Kier alpha value is -9.14. The van der Waals surface area contributed by atoms with E-state index in [1.165, 1.54) is 14.0 Å². The Balaban J connectivity index is 0.775.